The summed E-state index contributed by atoms with van der Waals surface area (Å²) in [4.78, 5) is 13.4. The molecule has 1 heterocycles. The summed E-state index contributed by atoms with van der Waals surface area (Å²) in [5.74, 6) is 0.604. The Bertz CT molecular complexity index is 424. The molecule has 1 atom stereocenters. The van der Waals surface area contributed by atoms with Crippen LogP contribution < -0.4 is 4.74 Å². The zero-order valence-corrected chi connectivity index (χ0v) is 10.8. The molecule has 1 amide bonds. The number of halogens is 1. The maximum Gasteiger partial charge on any atom is 0.226 e. The minimum absolute atomic E-state index is 0.0126. The number of carbonyl (C=O) groups is 1. The normalized spacial score (nSPS) is 19.0. The number of carbonyl (C=O) groups excluding carboxylic acids is 1. The first-order chi connectivity index (χ1) is 8.66. The van der Waals surface area contributed by atoms with Crippen molar-refractivity contribution in [2.24, 2.45) is 0 Å². The van der Waals surface area contributed by atoms with Crippen LogP contribution in [0.15, 0.2) is 24.3 Å². The van der Waals surface area contributed by atoms with Crippen LogP contribution in [0.1, 0.15) is 12.8 Å². The number of aliphatic hydroxyl groups excluding tert-OH is 1. The van der Waals surface area contributed by atoms with Crippen molar-refractivity contribution in [1.82, 2.24) is 4.90 Å². The lowest BCUT2D eigenvalue weighted by Crippen LogP contribution is -2.30. The number of rotatable bonds is 4. The van der Waals surface area contributed by atoms with E-state index >= 15 is 0 Å². The van der Waals surface area contributed by atoms with E-state index in [1.54, 1.807) is 17.0 Å². The SMILES string of the molecule is O=C(CCOc1ccccc1Cl)N1CC[C@H](O)C1. The van der Waals surface area contributed by atoms with Crippen molar-refractivity contribution >= 4 is 17.5 Å². The summed E-state index contributed by atoms with van der Waals surface area (Å²) in [7, 11) is 0. The van der Waals surface area contributed by atoms with Crippen LogP contribution in [0.25, 0.3) is 0 Å². The van der Waals surface area contributed by atoms with E-state index in [0.29, 0.717) is 43.3 Å². The van der Waals surface area contributed by atoms with Crippen molar-refractivity contribution in [3.8, 4) is 5.75 Å². The van der Waals surface area contributed by atoms with E-state index in [4.69, 9.17) is 16.3 Å². The minimum atomic E-state index is -0.376. The summed E-state index contributed by atoms with van der Waals surface area (Å²) < 4.78 is 5.45. The van der Waals surface area contributed by atoms with Crippen molar-refractivity contribution in [2.75, 3.05) is 19.7 Å². The Labute approximate surface area is 111 Å². The highest BCUT2D eigenvalue weighted by atomic mass is 35.5. The van der Waals surface area contributed by atoms with E-state index in [2.05, 4.69) is 0 Å². The number of benzene rings is 1. The average molecular weight is 270 g/mol. The maximum absolute atomic E-state index is 11.8. The molecule has 0 saturated carbocycles. The highest BCUT2D eigenvalue weighted by Crippen LogP contribution is 2.23. The molecule has 2 rings (SSSR count). The molecule has 98 valence electrons. The number of nitrogens with zero attached hydrogens (tertiary/aromatic N) is 1. The molecular formula is C13H16ClNO3. The summed E-state index contributed by atoms with van der Waals surface area (Å²) in [5.41, 5.74) is 0. The van der Waals surface area contributed by atoms with E-state index in [9.17, 15) is 9.90 Å². The van der Waals surface area contributed by atoms with Gasteiger partial charge in [0.2, 0.25) is 5.91 Å². The Morgan fingerprint density at radius 2 is 2.28 bits per heavy atom. The van der Waals surface area contributed by atoms with Gasteiger partial charge in [-0.1, -0.05) is 23.7 Å². The van der Waals surface area contributed by atoms with Gasteiger partial charge in [0.15, 0.2) is 0 Å². The topological polar surface area (TPSA) is 49.8 Å². The summed E-state index contributed by atoms with van der Waals surface area (Å²) in [5, 5.41) is 9.89. The Kier molecular flexibility index (Phi) is 4.44. The fraction of sp³-hybridized carbons (Fsp3) is 0.462. The fourth-order valence-corrected chi connectivity index (χ4v) is 2.13. The molecule has 4 nitrogen and oxygen atoms in total. The largest absolute Gasteiger partial charge is 0.491 e. The van der Waals surface area contributed by atoms with Crippen LogP contribution in [0, 0.1) is 0 Å². The molecule has 0 aromatic heterocycles. The molecule has 1 fully saturated rings. The molecule has 1 aromatic rings. The molecule has 18 heavy (non-hydrogen) atoms. The lowest BCUT2D eigenvalue weighted by molar-refractivity contribution is -0.131. The molecular weight excluding hydrogens is 254 g/mol. The Morgan fingerprint density at radius 1 is 1.50 bits per heavy atom. The molecule has 0 bridgehead atoms. The Hall–Kier alpha value is -1.26. The van der Waals surface area contributed by atoms with Crippen molar-refractivity contribution in [3.05, 3.63) is 29.3 Å². The number of likely N-dealkylation sites (tertiary alicyclic amines) is 1. The number of ether oxygens (including phenoxy) is 1. The number of amides is 1. The van der Waals surface area contributed by atoms with E-state index in [1.807, 2.05) is 12.1 Å². The van der Waals surface area contributed by atoms with Crippen LogP contribution >= 0.6 is 11.6 Å². The van der Waals surface area contributed by atoms with Crippen LogP contribution in [0.5, 0.6) is 5.75 Å². The van der Waals surface area contributed by atoms with Gasteiger partial charge in [-0.05, 0) is 18.6 Å². The summed E-state index contributed by atoms with van der Waals surface area (Å²) in [6, 6.07) is 7.17. The third-order valence-electron chi connectivity index (χ3n) is 2.93. The predicted molar refractivity (Wildman–Crippen MR) is 68.8 cm³/mol. The number of β-amino-alcohol motifs (C(OH)–C–C–N with tert-alkyl or cyclic N) is 1. The molecule has 1 aliphatic heterocycles. The second-order valence-electron chi connectivity index (χ2n) is 4.31. The molecule has 0 radical (unpaired) electrons. The first-order valence-electron chi connectivity index (χ1n) is 6.00. The third-order valence-corrected chi connectivity index (χ3v) is 3.24. The molecule has 0 spiro atoms. The second-order valence-corrected chi connectivity index (χ2v) is 4.72. The summed E-state index contributed by atoms with van der Waals surface area (Å²) in [6.45, 7) is 1.37. The monoisotopic (exact) mass is 269 g/mol. The Balaban J connectivity index is 1.75. The second kappa shape index (κ2) is 6.07. The van der Waals surface area contributed by atoms with Gasteiger partial charge < -0.3 is 14.7 Å². The maximum atomic E-state index is 11.8. The standard InChI is InChI=1S/C13H16ClNO3/c14-11-3-1-2-4-12(11)18-8-6-13(17)15-7-5-10(16)9-15/h1-4,10,16H,5-9H2/t10-/m0/s1. The van der Waals surface area contributed by atoms with Crippen LogP contribution in [0.4, 0.5) is 0 Å². The van der Waals surface area contributed by atoms with Gasteiger partial charge >= 0.3 is 0 Å². The lowest BCUT2D eigenvalue weighted by atomic mass is 10.3. The average Bonchev–Trinajstić information content (AvgIpc) is 2.78. The van der Waals surface area contributed by atoms with Gasteiger partial charge in [0.25, 0.3) is 0 Å². The van der Waals surface area contributed by atoms with E-state index < -0.39 is 0 Å². The van der Waals surface area contributed by atoms with E-state index in [-0.39, 0.29) is 12.0 Å². The molecule has 0 aliphatic carbocycles. The van der Waals surface area contributed by atoms with Crippen LogP contribution in [-0.2, 0) is 4.79 Å². The molecule has 1 N–H and O–H groups in total. The zero-order chi connectivity index (χ0) is 13.0. The van der Waals surface area contributed by atoms with Gasteiger partial charge in [0.1, 0.15) is 5.75 Å². The van der Waals surface area contributed by atoms with Gasteiger partial charge in [-0.2, -0.15) is 0 Å². The summed E-state index contributed by atoms with van der Waals surface area (Å²) >= 11 is 5.93. The van der Waals surface area contributed by atoms with E-state index in [0.717, 1.165) is 0 Å². The van der Waals surface area contributed by atoms with Crippen molar-refractivity contribution in [1.29, 1.82) is 0 Å². The first kappa shape index (κ1) is 13.2. The van der Waals surface area contributed by atoms with Crippen LogP contribution in [0.3, 0.4) is 0 Å². The fourth-order valence-electron chi connectivity index (χ4n) is 1.94. The number of aliphatic hydroxyl groups is 1. The van der Waals surface area contributed by atoms with Gasteiger partial charge in [0.05, 0.1) is 24.2 Å². The van der Waals surface area contributed by atoms with E-state index in [1.165, 1.54) is 0 Å². The Morgan fingerprint density at radius 3 is 2.94 bits per heavy atom. The van der Waals surface area contributed by atoms with Crippen molar-refractivity contribution in [3.63, 3.8) is 0 Å². The molecule has 1 saturated heterocycles. The first-order valence-corrected chi connectivity index (χ1v) is 6.38. The van der Waals surface area contributed by atoms with Crippen molar-refractivity contribution < 1.29 is 14.6 Å². The minimum Gasteiger partial charge on any atom is -0.491 e. The number of para-hydroxylation sites is 1. The van der Waals surface area contributed by atoms with Gasteiger partial charge in [-0.25, -0.2) is 0 Å². The number of hydrogen-bond acceptors (Lipinski definition) is 3. The van der Waals surface area contributed by atoms with Gasteiger partial charge in [0, 0.05) is 13.1 Å². The molecule has 1 aliphatic rings. The highest BCUT2D eigenvalue weighted by molar-refractivity contribution is 6.32. The molecule has 5 heteroatoms. The van der Waals surface area contributed by atoms with Gasteiger partial charge in [-0.3, -0.25) is 4.79 Å². The summed E-state index contributed by atoms with van der Waals surface area (Å²) in [6.07, 6.45) is 0.591. The predicted octanol–water partition coefficient (Wildman–Crippen LogP) is 1.70. The van der Waals surface area contributed by atoms with Crippen molar-refractivity contribution in [2.45, 2.75) is 18.9 Å². The number of hydrogen-bond donors (Lipinski definition) is 1. The zero-order valence-electron chi connectivity index (χ0n) is 10.0. The van der Waals surface area contributed by atoms with Crippen LogP contribution in [-0.4, -0.2) is 41.7 Å². The smallest absolute Gasteiger partial charge is 0.226 e. The molecule has 1 aromatic carbocycles. The molecule has 0 unspecified atom stereocenters. The lowest BCUT2D eigenvalue weighted by Gasteiger charge is -2.15. The third kappa shape index (κ3) is 3.37. The van der Waals surface area contributed by atoms with Gasteiger partial charge in [-0.15, -0.1) is 0 Å². The quantitative estimate of drug-likeness (QED) is 0.905. The van der Waals surface area contributed by atoms with Crippen LogP contribution in [0.2, 0.25) is 5.02 Å². The highest BCUT2D eigenvalue weighted by Gasteiger charge is 2.24.